The molecule has 0 spiro atoms. The lowest BCUT2D eigenvalue weighted by atomic mass is 9.85. The summed E-state index contributed by atoms with van der Waals surface area (Å²) in [5.74, 6) is -2.00. The minimum Gasteiger partial charge on any atom is -0.392 e. The van der Waals surface area contributed by atoms with E-state index in [4.69, 9.17) is 18.0 Å². The minimum absolute atomic E-state index is 0.0741. The molecule has 1 aliphatic carbocycles. The fourth-order valence-electron chi connectivity index (χ4n) is 2.42. The number of thiocarbonyl (C=S) groups is 1. The highest BCUT2D eigenvalue weighted by atomic mass is 79.9. The van der Waals surface area contributed by atoms with Gasteiger partial charge in [-0.05, 0) is 34.8 Å². The number of anilines is 1. The molecule has 20 heavy (non-hydrogen) atoms. The van der Waals surface area contributed by atoms with Gasteiger partial charge in [0.25, 0.3) is 0 Å². The van der Waals surface area contributed by atoms with Crippen LogP contribution < -0.4 is 11.1 Å². The zero-order valence-corrected chi connectivity index (χ0v) is 12.9. The van der Waals surface area contributed by atoms with Crippen molar-refractivity contribution in [3.63, 3.8) is 0 Å². The van der Waals surface area contributed by atoms with Crippen LogP contribution in [0.4, 0.5) is 14.5 Å². The van der Waals surface area contributed by atoms with Gasteiger partial charge in [-0.3, -0.25) is 4.79 Å². The molecule has 0 aliphatic heterocycles. The highest BCUT2D eigenvalue weighted by Gasteiger charge is 2.44. The fraction of sp³-hybridized carbons (Fsp3) is 0.385. The number of carbonyl (C=O) groups is 1. The van der Waals surface area contributed by atoms with Crippen LogP contribution in [0, 0.1) is 17.0 Å². The van der Waals surface area contributed by atoms with Crippen molar-refractivity contribution in [1.82, 2.24) is 0 Å². The first-order chi connectivity index (χ1) is 9.36. The molecule has 0 heterocycles. The SMILES string of the molecule is NC(=S)C1(C(=O)Nc2cc(Br)c(F)cc2F)CCCC1. The van der Waals surface area contributed by atoms with Crippen LogP contribution >= 0.6 is 28.1 Å². The van der Waals surface area contributed by atoms with Crippen LogP contribution in [0.1, 0.15) is 25.7 Å². The molecule has 2 rings (SSSR count). The summed E-state index contributed by atoms with van der Waals surface area (Å²) in [4.78, 5) is 12.5. The number of halogens is 3. The van der Waals surface area contributed by atoms with E-state index in [1.54, 1.807) is 0 Å². The smallest absolute Gasteiger partial charge is 0.237 e. The van der Waals surface area contributed by atoms with Gasteiger partial charge < -0.3 is 11.1 Å². The van der Waals surface area contributed by atoms with Gasteiger partial charge in [-0.1, -0.05) is 25.1 Å². The number of amides is 1. The Morgan fingerprint density at radius 1 is 1.30 bits per heavy atom. The molecule has 7 heteroatoms. The number of hydrogen-bond acceptors (Lipinski definition) is 2. The molecule has 0 atom stereocenters. The predicted octanol–water partition coefficient (Wildman–Crippen LogP) is 3.51. The number of carbonyl (C=O) groups excluding carboxylic acids is 1. The van der Waals surface area contributed by atoms with Gasteiger partial charge >= 0.3 is 0 Å². The monoisotopic (exact) mass is 362 g/mol. The maximum atomic E-state index is 13.7. The van der Waals surface area contributed by atoms with Crippen LogP contribution in [0.3, 0.4) is 0 Å². The first kappa shape index (κ1) is 15.3. The predicted molar refractivity (Wildman–Crippen MR) is 80.4 cm³/mol. The van der Waals surface area contributed by atoms with Crippen LogP contribution in [0.5, 0.6) is 0 Å². The first-order valence-corrected chi connectivity index (χ1v) is 7.33. The van der Waals surface area contributed by atoms with E-state index < -0.39 is 23.0 Å². The van der Waals surface area contributed by atoms with Crippen LogP contribution in [-0.2, 0) is 4.79 Å². The second-order valence-electron chi connectivity index (χ2n) is 4.85. The van der Waals surface area contributed by atoms with E-state index >= 15 is 0 Å². The van der Waals surface area contributed by atoms with E-state index in [0.717, 1.165) is 12.8 Å². The Hall–Kier alpha value is -1.08. The summed E-state index contributed by atoms with van der Waals surface area (Å²) in [5, 5.41) is 2.46. The molecule has 1 aliphatic rings. The lowest BCUT2D eigenvalue weighted by Gasteiger charge is -2.26. The van der Waals surface area contributed by atoms with Crippen molar-refractivity contribution in [2.45, 2.75) is 25.7 Å². The topological polar surface area (TPSA) is 55.1 Å². The van der Waals surface area contributed by atoms with Crippen molar-refractivity contribution in [2.24, 2.45) is 11.1 Å². The average Bonchev–Trinajstić information content (AvgIpc) is 2.86. The summed E-state index contributed by atoms with van der Waals surface area (Å²) >= 11 is 7.95. The highest BCUT2D eigenvalue weighted by Crippen LogP contribution is 2.40. The van der Waals surface area contributed by atoms with Gasteiger partial charge in [0, 0.05) is 6.07 Å². The Kier molecular flexibility index (Phi) is 4.39. The number of rotatable bonds is 3. The van der Waals surface area contributed by atoms with Crippen molar-refractivity contribution < 1.29 is 13.6 Å². The van der Waals surface area contributed by atoms with Crippen molar-refractivity contribution in [3.8, 4) is 0 Å². The lowest BCUT2D eigenvalue weighted by molar-refractivity contribution is -0.122. The molecule has 1 fully saturated rings. The van der Waals surface area contributed by atoms with Gasteiger partial charge in [0.2, 0.25) is 5.91 Å². The van der Waals surface area contributed by atoms with Crippen molar-refractivity contribution in [2.75, 3.05) is 5.32 Å². The molecule has 108 valence electrons. The number of nitrogens with two attached hydrogens (primary N) is 1. The number of hydrogen-bond donors (Lipinski definition) is 2. The third-order valence-corrected chi connectivity index (χ3v) is 4.62. The van der Waals surface area contributed by atoms with Gasteiger partial charge in [0.1, 0.15) is 11.6 Å². The van der Waals surface area contributed by atoms with E-state index in [0.29, 0.717) is 18.9 Å². The van der Waals surface area contributed by atoms with Crippen molar-refractivity contribution >= 4 is 44.7 Å². The Bertz CT molecular complexity index is 574. The first-order valence-electron chi connectivity index (χ1n) is 6.13. The summed E-state index contributed by atoms with van der Waals surface area (Å²) in [5.41, 5.74) is 4.67. The molecule has 0 saturated heterocycles. The Balaban J connectivity index is 2.27. The normalized spacial score (nSPS) is 16.9. The van der Waals surface area contributed by atoms with Crippen LogP contribution in [0.15, 0.2) is 16.6 Å². The van der Waals surface area contributed by atoms with Crippen molar-refractivity contribution in [1.29, 1.82) is 0 Å². The Morgan fingerprint density at radius 3 is 2.45 bits per heavy atom. The number of nitrogens with one attached hydrogen (secondary N) is 1. The maximum absolute atomic E-state index is 13.7. The molecule has 1 saturated carbocycles. The summed E-state index contributed by atoms with van der Waals surface area (Å²) in [6, 6.07) is 1.90. The Morgan fingerprint density at radius 2 is 1.90 bits per heavy atom. The summed E-state index contributed by atoms with van der Waals surface area (Å²) in [7, 11) is 0. The van der Waals surface area contributed by atoms with Gasteiger partial charge in [-0.25, -0.2) is 8.78 Å². The molecule has 0 aromatic heterocycles. The second kappa shape index (κ2) is 5.73. The van der Waals surface area contributed by atoms with Crippen LogP contribution in [-0.4, -0.2) is 10.9 Å². The van der Waals surface area contributed by atoms with Crippen LogP contribution in [0.2, 0.25) is 0 Å². The number of benzene rings is 1. The molecule has 3 nitrogen and oxygen atoms in total. The van der Waals surface area contributed by atoms with Gasteiger partial charge in [-0.15, -0.1) is 0 Å². The third-order valence-electron chi connectivity index (χ3n) is 3.62. The molecular formula is C13H13BrF2N2OS. The zero-order valence-electron chi connectivity index (χ0n) is 10.5. The fourth-order valence-corrected chi connectivity index (χ4v) is 3.06. The third kappa shape index (κ3) is 2.69. The molecule has 1 amide bonds. The van der Waals surface area contributed by atoms with E-state index in [9.17, 15) is 13.6 Å². The summed E-state index contributed by atoms with van der Waals surface area (Å²) in [6.07, 6.45) is 2.80. The molecule has 3 N–H and O–H groups in total. The summed E-state index contributed by atoms with van der Waals surface area (Å²) < 4.78 is 26.9. The van der Waals surface area contributed by atoms with Crippen molar-refractivity contribution in [3.05, 3.63) is 28.2 Å². The molecule has 1 aromatic carbocycles. The lowest BCUT2D eigenvalue weighted by Crippen LogP contribution is -2.44. The average molecular weight is 363 g/mol. The van der Waals surface area contributed by atoms with Crippen LogP contribution in [0.25, 0.3) is 0 Å². The highest BCUT2D eigenvalue weighted by molar-refractivity contribution is 9.10. The quantitative estimate of drug-likeness (QED) is 0.638. The van der Waals surface area contributed by atoms with E-state index in [-0.39, 0.29) is 15.1 Å². The standard InChI is InChI=1S/C13H13BrF2N2OS/c14-7-5-10(9(16)6-8(7)15)18-12(19)13(11(17)20)3-1-2-4-13/h5-6H,1-4H2,(H2,17,20)(H,18,19). The molecule has 0 radical (unpaired) electrons. The van der Waals surface area contributed by atoms with E-state index in [1.807, 2.05) is 0 Å². The van der Waals surface area contributed by atoms with E-state index in [1.165, 1.54) is 6.07 Å². The largest absolute Gasteiger partial charge is 0.392 e. The zero-order chi connectivity index (χ0) is 14.9. The second-order valence-corrected chi connectivity index (χ2v) is 6.15. The summed E-state index contributed by atoms with van der Waals surface area (Å²) in [6.45, 7) is 0. The van der Waals surface area contributed by atoms with Gasteiger partial charge in [0.15, 0.2) is 0 Å². The molecule has 0 bridgehead atoms. The molecular weight excluding hydrogens is 350 g/mol. The molecule has 1 aromatic rings. The minimum atomic E-state index is -0.928. The van der Waals surface area contributed by atoms with Gasteiger partial charge in [0.05, 0.1) is 20.6 Å². The van der Waals surface area contributed by atoms with E-state index in [2.05, 4.69) is 21.2 Å². The molecule has 0 unspecified atom stereocenters. The van der Waals surface area contributed by atoms with Gasteiger partial charge in [-0.2, -0.15) is 0 Å². The maximum Gasteiger partial charge on any atom is 0.237 e. The Labute approximate surface area is 129 Å².